The minimum absolute atomic E-state index is 0.0312. The first-order valence-electron chi connectivity index (χ1n) is 10.3. The van der Waals surface area contributed by atoms with Crippen LogP contribution in [0.4, 0.5) is 4.39 Å². The molecule has 1 unspecified atom stereocenters. The van der Waals surface area contributed by atoms with E-state index < -0.39 is 23.7 Å². The number of rotatable bonds is 10. The summed E-state index contributed by atoms with van der Waals surface area (Å²) >= 11 is 0. The Morgan fingerprint density at radius 3 is 2.62 bits per heavy atom. The molecule has 0 heterocycles. The molecular weight excluding hydrogens is 413 g/mol. The number of halogens is 1. The molecule has 7 nitrogen and oxygen atoms in total. The normalized spacial score (nSPS) is 11.9. The number of amides is 2. The molecule has 0 bridgehead atoms. The minimum atomic E-state index is -0.922. The Morgan fingerprint density at radius 1 is 1.28 bits per heavy atom. The van der Waals surface area contributed by atoms with Crippen molar-refractivity contribution >= 4 is 18.0 Å². The number of nitrogens with zero attached hydrogens (tertiary/aromatic N) is 1. The molecule has 2 amide bonds. The summed E-state index contributed by atoms with van der Waals surface area (Å²) in [6, 6.07) is 7.93. The fourth-order valence-electron chi connectivity index (χ4n) is 2.98. The zero-order valence-corrected chi connectivity index (χ0v) is 18.4. The van der Waals surface area contributed by atoms with E-state index in [1.807, 2.05) is 0 Å². The molecule has 0 aliphatic heterocycles. The number of nitrogens with one attached hydrogen (secondary N) is 2. The van der Waals surface area contributed by atoms with E-state index in [1.54, 1.807) is 45.0 Å². The van der Waals surface area contributed by atoms with Gasteiger partial charge in [0.25, 0.3) is 11.8 Å². The number of phenolic OH excluding ortho intramolecular Hbond substituents is 1. The summed E-state index contributed by atoms with van der Waals surface area (Å²) in [5, 5.41) is 16.8. The quantitative estimate of drug-likeness (QED) is 0.298. The second kappa shape index (κ2) is 11.6. The van der Waals surface area contributed by atoms with Crippen LogP contribution in [0.3, 0.4) is 0 Å². The average Bonchev–Trinajstić information content (AvgIpc) is 2.75. The summed E-state index contributed by atoms with van der Waals surface area (Å²) in [6.45, 7) is 9.36. The van der Waals surface area contributed by atoms with Gasteiger partial charge in [0.1, 0.15) is 11.9 Å². The Labute approximate surface area is 187 Å². The van der Waals surface area contributed by atoms with Gasteiger partial charge in [0, 0.05) is 5.56 Å². The minimum Gasteiger partial charge on any atom is -0.504 e. The smallest absolute Gasteiger partial charge is 0.262 e. The molecule has 32 heavy (non-hydrogen) atoms. The number of benzene rings is 2. The van der Waals surface area contributed by atoms with Crippen molar-refractivity contribution in [3.63, 3.8) is 0 Å². The van der Waals surface area contributed by atoms with Crippen molar-refractivity contribution < 1.29 is 23.8 Å². The maximum atomic E-state index is 13.9. The van der Waals surface area contributed by atoms with Crippen molar-refractivity contribution in [2.75, 3.05) is 6.61 Å². The number of carbonyl (C=O) groups is 2. The van der Waals surface area contributed by atoms with Crippen molar-refractivity contribution in [2.45, 2.75) is 33.2 Å². The number of hydrogen-bond donors (Lipinski definition) is 3. The lowest BCUT2D eigenvalue weighted by molar-refractivity contribution is -0.123. The fourth-order valence-corrected chi connectivity index (χ4v) is 2.98. The SMILES string of the molecule is C=CCc1cc(C=NNC(=O)C(NC(=O)c2ccccc2F)C(C)C)cc(OCC)c1O. The number of allylic oxidation sites excluding steroid dienone is 1. The largest absolute Gasteiger partial charge is 0.504 e. The van der Waals surface area contributed by atoms with Crippen molar-refractivity contribution in [1.29, 1.82) is 0 Å². The molecule has 2 rings (SSSR count). The van der Waals surface area contributed by atoms with Gasteiger partial charge in [-0.1, -0.05) is 32.1 Å². The number of hydrazone groups is 1. The van der Waals surface area contributed by atoms with Crippen molar-refractivity contribution in [3.8, 4) is 11.5 Å². The van der Waals surface area contributed by atoms with Gasteiger partial charge >= 0.3 is 0 Å². The zero-order chi connectivity index (χ0) is 23.7. The van der Waals surface area contributed by atoms with Crippen LogP contribution in [0.2, 0.25) is 0 Å². The van der Waals surface area contributed by atoms with Gasteiger partial charge in [-0.3, -0.25) is 9.59 Å². The van der Waals surface area contributed by atoms with Crippen LogP contribution in [0.5, 0.6) is 11.5 Å². The zero-order valence-electron chi connectivity index (χ0n) is 18.4. The fraction of sp³-hybridized carbons (Fsp3) is 0.292. The maximum Gasteiger partial charge on any atom is 0.262 e. The molecule has 0 saturated carbocycles. The molecule has 1 atom stereocenters. The van der Waals surface area contributed by atoms with E-state index in [0.717, 1.165) is 0 Å². The van der Waals surface area contributed by atoms with Crippen LogP contribution in [-0.4, -0.2) is 35.8 Å². The van der Waals surface area contributed by atoms with E-state index in [2.05, 4.69) is 22.4 Å². The van der Waals surface area contributed by atoms with Gasteiger partial charge in [0.2, 0.25) is 0 Å². The predicted molar refractivity (Wildman–Crippen MR) is 121 cm³/mol. The van der Waals surface area contributed by atoms with Crippen molar-refractivity contribution in [3.05, 3.63) is 71.6 Å². The number of aromatic hydroxyl groups is 1. The maximum absolute atomic E-state index is 13.9. The van der Waals surface area contributed by atoms with Crippen LogP contribution in [0.25, 0.3) is 0 Å². The van der Waals surface area contributed by atoms with Crippen LogP contribution in [-0.2, 0) is 11.2 Å². The van der Waals surface area contributed by atoms with Gasteiger partial charge in [-0.25, -0.2) is 9.82 Å². The molecule has 0 radical (unpaired) electrons. The van der Waals surface area contributed by atoms with Gasteiger partial charge < -0.3 is 15.2 Å². The van der Waals surface area contributed by atoms with Gasteiger partial charge in [-0.2, -0.15) is 5.10 Å². The first kappa shape index (κ1) is 24.6. The predicted octanol–water partition coefficient (Wildman–Crippen LogP) is 3.56. The van der Waals surface area contributed by atoms with E-state index >= 15 is 0 Å². The van der Waals surface area contributed by atoms with Gasteiger partial charge in [-0.05, 0) is 49.1 Å². The molecule has 2 aromatic carbocycles. The second-order valence-electron chi connectivity index (χ2n) is 7.36. The third-order valence-electron chi connectivity index (χ3n) is 4.58. The van der Waals surface area contributed by atoms with Crippen LogP contribution < -0.4 is 15.5 Å². The topological polar surface area (TPSA) is 100 Å². The lowest BCUT2D eigenvalue weighted by atomic mass is 10.0. The van der Waals surface area contributed by atoms with E-state index in [-0.39, 0.29) is 17.2 Å². The van der Waals surface area contributed by atoms with Crippen LogP contribution >= 0.6 is 0 Å². The molecule has 2 aromatic rings. The Kier molecular flexibility index (Phi) is 8.95. The number of phenols is 1. The van der Waals surface area contributed by atoms with Crippen LogP contribution in [0, 0.1) is 11.7 Å². The molecule has 0 aliphatic rings. The highest BCUT2D eigenvalue weighted by molar-refractivity contribution is 5.98. The summed E-state index contributed by atoms with van der Waals surface area (Å²) in [5.41, 5.74) is 3.46. The highest BCUT2D eigenvalue weighted by Gasteiger charge is 2.25. The van der Waals surface area contributed by atoms with Gasteiger partial charge in [0.05, 0.1) is 18.4 Å². The van der Waals surface area contributed by atoms with Crippen LogP contribution in [0.1, 0.15) is 42.3 Å². The van der Waals surface area contributed by atoms with Crippen molar-refractivity contribution in [2.24, 2.45) is 11.0 Å². The monoisotopic (exact) mass is 441 g/mol. The summed E-state index contributed by atoms with van der Waals surface area (Å²) in [6.07, 6.45) is 3.49. The Bertz CT molecular complexity index is 1000. The highest BCUT2D eigenvalue weighted by atomic mass is 19.1. The summed E-state index contributed by atoms with van der Waals surface area (Å²) in [7, 11) is 0. The summed E-state index contributed by atoms with van der Waals surface area (Å²) in [5.74, 6) is -1.83. The average molecular weight is 442 g/mol. The Morgan fingerprint density at radius 2 is 2.00 bits per heavy atom. The third kappa shape index (κ3) is 6.41. The molecule has 3 N–H and O–H groups in total. The summed E-state index contributed by atoms with van der Waals surface area (Å²) < 4.78 is 19.3. The van der Waals surface area contributed by atoms with Crippen molar-refractivity contribution in [1.82, 2.24) is 10.7 Å². The molecule has 8 heteroatoms. The Hall–Kier alpha value is -3.68. The Balaban J connectivity index is 2.13. The molecule has 0 fully saturated rings. The van der Waals surface area contributed by atoms with E-state index in [4.69, 9.17) is 4.74 Å². The number of ether oxygens (including phenoxy) is 1. The molecule has 170 valence electrons. The summed E-state index contributed by atoms with van der Waals surface area (Å²) in [4.78, 5) is 25.0. The number of hydrogen-bond acceptors (Lipinski definition) is 5. The standard InChI is InChI=1S/C24H28FN3O4/c1-5-9-17-12-16(13-20(22(17)29)32-6-2)14-26-28-24(31)21(15(3)4)27-23(30)18-10-7-8-11-19(18)25/h5,7-8,10-15,21,29H,1,6,9H2,2-4H3,(H,27,30)(H,28,31). The highest BCUT2D eigenvalue weighted by Crippen LogP contribution is 2.31. The number of carbonyl (C=O) groups excluding carboxylic acids is 2. The first-order chi connectivity index (χ1) is 15.3. The van der Waals surface area contributed by atoms with E-state index in [9.17, 15) is 19.1 Å². The van der Waals surface area contributed by atoms with Crippen LogP contribution in [0.15, 0.2) is 54.2 Å². The first-order valence-corrected chi connectivity index (χ1v) is 10.3. The van der Waals surface area contributed by atoms with Gasteiger partial charge in [0.15, 0.2) is 11.5 Å². The lowest BCUT2D eigenvalue weighted by Gasteiger charge is -2.20. The molecule has 0 aromatic heterocycles. The third-order valence-corrected chi connectivity index (χ3v) is 4.58. The molecule has 0 aliphatic carbocycles. The van der Waals surface area contributed by atoms with Gasteiger partial charge in [-0.15, -0.1) is 6.58 Å². The molecular formula is C24H28FN3O4. The lowest BCUT2D eigenvalue weighted by Crippen LogP contribution is -2.48. The van der Waals surface area contributed by atoms with E-state index in [1.165, 1.54) is 24.4 Å². The molecule has 0 spiro atoms. The van der Waals surface area contributed by atoms with E-state index in [0.29, 0.717) is 29.9 Å². The molecule has 0 saturated heterocycles. The second-order valence-corrected chi connectivity index (χ2v) is 7.36.